The van der Waals surface area contributed by atoms with Crippen LogP contribution in [0, 0.1) is 0 Å². The van der Waals surface area contributed by atoms with E-state index in [1.54, 1.807) is 11.9 Å². The van der Waals surface area contributed by atoms with Gasteiger partial charge in [0.05, 0.1) is 6.10 Å². The Morgan fingerprint density at radius 3 is 2.47 bits per heavy atom. The van der Waals surface area contributed by atoms with E-state index in [-0.39, 0.29) is 6.54 Å². The number of hydrogen-bond acceptors (Lipinski definition) is 3. The quantitative estimate of drug-likeness (QED) is 0.887. The van der Waals surface area contributed by atoms with Crippen molar-refractivity contribution in [2.24, 2.45) is 0 Å². The molecule has 0 spiro atoms. The fourth-order valence-corrected chi connectivity index (χ4v) is 2.45. The molecule has 1 aromatic carbocycles. The molecule has 1 saturated carbocycles. The minimum absolute atomic E-state index is 0.00281. The van der Waals surface area contributed by atoms with Gasteiger partial charge in [-0.05, 0) is 49.9 Å². The van der Waals surface area contributed by atoms with Gasteiger partial charge in [-0.2, -0.15) is 0 Å². The first-order chi connectivity index (χ1) is 9.15. The Morgan fingerprint density at radius 1 is 1.26 bits per heavy atom. The number of benzene rings is 1. The van der Waals surface area contributed by atoms with Crippen molar-refractivity contribution < 1.29 is 14.6 Å². The molecular formula is C15H21NO3. The van der Waals surface area contributed by atoms with E-state index in [9.17, 15) is 4.79 Å². The largest absolute Gasteiger partial charge is 0.490 e. The van der Waals surface area contributed by atoms with Crippen molar-refractivity contribution in [3.05, 3.63) is 24.3 Å². The molecule has 1 fully saturated rings. The molecule has 0 atom stereocenters. The first-order valence-corrected chi connectivity index (χ1v) is 6.85. The molecule has 4 nitrogen and oxygen atoms in total. The summed E-state index contributed by atoms with van der Waals surface area (Å²) in [4.78, 5) is 12.3. The summed E-state index contributed by atoms with van der Waals surface area (Å²) in [6, 6.07) is 7.65. The van der Waals surface area contributed by atoms with Crippen molar-refractivity contribution in [2.45, 2.75) is 38.2 Å². The molecule has 19 heavy (non-hydrogen) atoms. The van der Waals surface area contributed by atoms with Gasteiger partial charge in [-0.3, -0.25) is 4.79 Å². The number of aliphatic carboxylic acids is 1. The number of carboxylic acid groups (broad SMARTS) is 1. The van der Waals surface area contributed by atoms with Crippen LogP contribution in [-0.2, 0) is 4.79 Å². The molecule has 1 aromatic rings. The van der Waals surface area contributed by atoms with E-state index in [0.29, 0.717) is 6.10 Å². The van der Waals surface area contributed by atoms with Crippen molar-refractivity contribution >= 4 is 11.7 Å². The van der Waals surface area contributed by atoms with Gasteiger partial charge in [-0.25, -0.2) is 0 Å². The molecule has 0 aliphatic heterocycles. The van der Waals surface area contributed by atoms with E-state index in [2.05, 4.69) is 0 Å². The van der Waals surface area contributed by atoms with Crippen LogP contribution in [0.1, 0.15) is 32.1 Å². The second-order valence-electron chi connectivity index (χ2n) is 5.12. The zero-order valence-corrected chi connectivity index (χ0v) is 11.3. The van der Waals surface area contributed by atoms with E-state index >= 15 is 0 Å². The minimum Gasteiger partial charge on any atom is -0.490 e. The molecule has 1 aliphatic rings. The van der Waals surface area contributed by atoms with Gasteiger partial charge < -0.3 is 14.7 Å². The molecule has 1 aliphatic carbocycles. The van der Waals surface area contributed by atoms with Crippen molar-refractivity contribution in [1.82, 2.24) is 0 Å². The van der Waals surface area contributed by atoms with E-state index in [1.165, 1.54) is 19.3 Å². The van der Waals surface area contributed by atoms with Crippen LogP contribution in [0.5, 0.6) is 5.75 Å². The van der Waals surface area contributed by atoms with Gasteiger partial charge in [0.15, 0.2) is 0 Å². The second kappa shape index (κ2) is 6.45. The average molecular weight is 263 g/mol. The number of hydrogen-bond donors (Lipinski definition) is 1. The summed E-state index contributed by atoms with van der Waals surface area (Å²) in [5.74, 6) is 0.0457. The molecule has 0 amide bonds. The first kappa shape index (κ1) is 13.7. The Kier molecular flexibility index (Phi) is 4.66. The molecule has 4 heteroatoms. The number of likely N-dealkylation sites (N-methyl/N-ethyl adjacent to an activating group) is 1. The summed E-state index contributed by atoms with van der Waals surface area (Å²) in [5.41, 5.74) is 0.887. The molecule has 0 saturated heterocycles. The predicted molar refractivity (Wildman–Crippen MR) is 74.8 cm³/mol. The van der Waals surface area contributed by atoms with Gasteiger partial charge >= 0.3 is 5.97 Å². The maximum Gasteiger partial charge on any atom is 0.323 e. The Labute approximate surface area is 114 Å². The van der Waals surface area contributed by atoms with Gasteiger partial charge in [0, 0.05) is 12.7 Å². The zero-order valence-electron chi connectivity index (χ0n) is 11.3. The topological polar surface area (TPSA) is 49.8 Å². The highest BCUT2D eigenvalue weighted by atomic mass is 16.5. The van der Waals surface area contributed by atoms with Gasteiger partial charge in [0.1, 0.15) is 12.3 Å². The molecule has 0 unspecified atom stereocenters. The third-order valence-electron chi connectivity index (χ3n) is 3.50. The fraction of sp³-hybridized carbons (Fsp3) is 0.533. The number of ether oxygens (including phenoxy) is 1. The summed E-state index contributed by atoms with van der Waals surface area (Å²) >= 11 is 0. The van der Waals surface area contributed by atoms with Gasteiger partial charge in [0.25, 0.3) is 0 Å². The minimum atomic E-state index is -0.829. The fourth-order valence-electron chi connectivity index (χ4n) is 2.45. The number of carboxylic acids is 1. The number of anilines is 1. The molecule has 0 aromatic heterocycles. The Bertz CT molecular complexity index is 410. The third-order valence-corrected chi connectivity index (χ3v) is 3.50. The van der Waals surface area contributed by atoms with Crippen LogP contribution in [0.25, 0.3) is 0 Å². The number of rotatable bonds is 5. The Morgan fingerprint density at radius 2 is 1.89 bits per heavy atom. The van der Waals surface area contributed by atoms with Gasteiger partial charge in [-0.15, -0.1) is 0 Å². The van der Waals surface area contributed by atoms with Crippen molar-refractivity contribution in [3.63, 3.8) is 0 Å². The lowest BCUT2D eigenvalue weighted by atomic mass is 9.98. The lowest BCUT2D eigenvalue weighted by Crippen LogP contribution is -2.25. The summed E-state index contributed by atoms with van der Waals surface area (Å²) in [7, 11) is 1.77. The van der Waals surface area contributed by atoms with Crippen LogP contribution < -0.4 is 9.64 Å². The highest BCUT2D eigenvalue weighted by molar-refractivity contribution is 5.73. The SMILES string of the molecule is CN(CC(=O)O)c1ccc(OC2CCCCC2)cc1. The molecule has 0 bridgehead atoms. The standard InChI is InChI=1S/C15H21NO3/c1-16(11-15(17)18)12-7-9-14(10-8-12)19-13-5-3-2-4-6-13/h7-10,13H,2-6,11H2,1H3,(H,17,18). The summed E-state index contributed by atoms with van der Waals surface area (Å²) < 4.78 is 5.94. The Balaban J connectivity index is 1.92. The highest BCUT2D eigenvalue weighted by Gasteiger charge is 2.14. The maximum atomic E-state index is 10.6. The average Bonchev–Trinajstić information content (AvgIpc) is 2.40. The summed E-state index contributed by atoms with van der Waals surface area (Å²) in [6.45, 7) is 0.00281. The molecule has 1 N–H and O–H groups in total. The highest BCUT2D eigenvalue weighted by Crippen LogP contribution is 2.25. The third kappa shape index (κ3) is 4.16. The smallest absolute Gasteiger partial charge is 0.323 e. The zero-order chi connectivity index (χ0) is 13.7. The van der Waals surface area contributed by atoms with Crippen LogP contribution >= 0.6 is 0 Å². The van der Waals surface area contributed by atoms with Crippen molar-refractivity contribution in [3.8, 4) is 5.75 Å². The van der Waals surface area contributed by atoms with Crippen LogP contribution in [0.2, 0.25) is 0 Å². The molecule has 0 heterocycles. The van der Waals surface area contributed by atoms with Crippen molar-refractivity contribution in [1.29, 1.82) is 0 Å². The molecular weight excluding hydrogens is 242 g/mol. The number of carbonyl (C=O) groups is 1. The van der Waals surface area contributed by atoms with Crippen LogP contribution in [0.15, 0.2) is 24.3 Å². The maximum absolute atomic E-state index is 10.6. The van der Waals surface area contributed by atoms with Crippen LogP contribution in [0.3, 0.4) is 0 Å². The van der Waals surface area contributed by atoms with Gasteiger partial charge in [0.2, 0.25) is 0 Å². The van der Waals surface area contributed by atoms with E-state index < -0.39 is 5.97 Å². The molecule has 2 rings (SSSR count). The normalized spacial score (nSPS) is 16.1. The lowest BCUT2D eigenvalue weighted by Gasteiger charge is -2.23. The van der Waals surface area contributed by atoms with Gasteiger partial charge in [-0.1, -0.05) is 6.42 Å². The van der Waals surface area contributed by atoms with Crippen molar-refractivity contribution in [2.75, 3.05) is 18.5 Å². The summed E-state index contributed by atoms with van der Waals surface area (Å²) in [6.07, 6.45) is 6.45. The monoisotopic (exact) mass is 263 g/mol. The van der Waals surface area contributed by atoms with Crippen LogP contribution in [0.4, 0.5) is 5.69 Å². The lowest BCUT2D eigenvalue weighted by molar-refractivity contribution is -0.135. The molecule has 104 valence electrons. The predicted octanol–water partition coefficient (Wildman–Crippen LogP) is 2.92. The summed E-state index contributed by atoms with van der Waals surface area (Å²) in [5, 5.41) is 8.75. The first-order valence-electron chi connectivity index (χ1n) is 6.85. The van der Waals surface area contributed by atoms with E-state index in [4.69, 9.17) is 9.84 Å². The molecule has 0 radical (unpaired) electrons. The second-order valence-corrected chi connectivity index (χ2v) is 5.12. The van der Waals surface area contributed by atoms with E-state index in [0.717, 1.165) is 24.3 Å². The Hall–Kier alpha value is -1.71. The van der Waals surface area contributed by atoms with E-state index in [1.807, 2.05) is 24.3 Å². The van der Waals surface area contributed by atoms with Crippen LogP contribution in [-0.4, -0.2) is 30.8 Å². The number of nitrogens with zero attached hydrogens (tertiary/aromatic N) is 1.